The number of aryl methyl sites for hydroxylation is 2. The van der Waals surface area contributed by atoms with Gasteiger partial charge in [0.25, 0.3) is 0 Å². The standard InChI is InChI=1S/C22H32/c1-3-5-7-9-13-19-17-21-15-11-12-16-22(21)18-20(19)14-10-8-6-4-2/h11-12,15-18H,3-10,13-14H2,1-2H3. The van der Waals surface area contributed by atoms with Crippen LogP contribution in [0.15, 0.2) is 36.4 Å². The lowest BCUT2D eigenvalue weighted by Gasteiger charge is -2.12. The Bertz CT molecular complexity index is 502. The van der Waals surface area contributed by atoms with Gasteiger partial charge in [0, 0.05) is 0 Å². The van der Waals surface area contributed by atoms with Crippen LogP contribution in [-0.2, 0) is 12.8 Å². The van der Waals surface area contributed by atoms with E-state index >= 15 is 0 Å². The number of hydrogen-bond acceptors (Lipinski definition) is 0. The van der Waals surface area contributed by atoms with Crippen LogP contribution in [-0.4, -0.2) is 0 Å². The molecule has 0 aliphatic heterocycles. The molecule has 2 aromatic rings. The second-order valence-electron chi connectivity index (χ2n) is 6.59. The zero-order valence-electron chi connectivity index (χ0n) is 14.5. The molecule has 0 spiro atoms. The van der Waals surface area contributed by atoms with Crippen LogP contribution in [0.25, 0.3) is 10.8 Å². The van der Waals surface area contributed by atoms with E-state index in [1.165, 1.54) is 75.0 Å². The minimum Gasteiger partial charge on any atom is -0.0654 e. The molecule has 0 radical (unpaired) electrons. The lowest BCUT2D eigenvalue weighted by atomic mass is 9.93. The Hall–Kier alpha value is -1.30. The zero-order valence-corrected chi connectivity index (χ0v) is 14.5. The molecule has 22 heavy (non-hydrogen) atoms. The molecule has 0 N–H and O–H groups in total. The van der Waals surface area contributed by atoms with Crippen molar-refractivity contribution in [3.63, 3.8) is 0 Å². The molecule has 0 fully saturated rings. The summed E-state index contributed by atoms with van der Waals surface area (Å²) in [5.74, 6) is 0. The van der Waals surface area contributed by atoms with E-state index in [0.29, 0.717) is 0 Å². The average Bonchev–Trinajstić information content (AvgIpc) is 2.55. The van der Waals surface area contributed by atoms with Gasteiger partial charge in [-0.2, -0.15) is 0 Å². The Kier molecular flexibility index (Phi) is 7.49. The highest BCUT2D eigenvalue weighted by atomic mass is 14.1. The largest absolute Gasteiger partial charge is 0.0654 e. The maximum absolute atomic E-state index is 2.45. The number of fused-ring (bicyclic) bond motifs is 1. The SMILES string of the molecule is CCCCCCc1cc2ccccc2cc1CCCCCC. The molecule has 0 aromatic heterocycles. The minimum atomic E-state index is 1.26. The Morgan fingerprint density at radius 1 is 0.591 bits per heavy atom. The van der Waals surface area contributed by atoms with Crippen molar-refractivity contribution in [3.05, 3.63) is 47.5 Å². The summed E-state index contributed by atoms with van der Waals surface area (Å²) in [6, 6.07) is 13.7. The minimum absolute atomic E-state index is 1.26. The normalized spacial score (nSPS) is 11.2. The van der Waals surface area contributed by atoms with Gasteiger partial charge in [0.05, 0.1) is 0 Å². The van der Waals surface area contributed by atoms with Crippen molar-refractivity contribution in [1.29, 1.82) is 0 Å². The Balaban J connectivity index is 2.09. The summed E-state index contributed by atoms with van der Waals surface area (Å²) in [6.07, 6.45) is 13.3. The monoisotopic (exact) mass is 296 g/mol. The van der Waals surface area contributed by atoms with E-state index in [1.54, 1.807) is 11.1 Å². The van der Waals surface area contributed by atoms with Crippen LogP contribution in [0.1, 0.15) is 76.3 Å². The Morgan fingerprint density at radius 2 is 1.05 bits per heavy atom. The van der Waals surface area contributed by atoms with Gasteiger partial charge in [0.1, 0.15) is 0 Å². The van der Waals surface area contributed by atoms with Gasteiger partial charge in [0.15, 0.2) is 0 Å². The molecule has 0 heterocycles. The van der Waals surface area contributed by atoms with E-state index in [4.69, 9.17) is 0 Å². The van der Waals surface area contributed by atoms with Crippen LogP contribution >= 0.6 is 0 Å². The van der Waals surface area contributed by atoms with E-state index in [1.807, 2.05) is 0 Å². The van der Waals surface area contributed by atoms with Crippen LogP contribution in [0.5, 0.6) is 0 Å². The van der Waals surface area contributed by atoms with Gasteiger partial charge < -0.3 is 0 Å². The molecule has 0 saturated carbocycles. The summed E-state index contributed by atoms with van der Waals surface area (Å²) in [4.78, 5) is 0. The van der Waals surface area contributed by atoms with Crippen molar-refractivity contribution in [1.82, 2.24) is 0 Å². The van der Waals surface area contributed by atoms with Crippen LogP contribution in [0.3, 0.4) is 0 Å². The molecule has 0 amide bonds. The molecule has 0 saturated heterocycles. The third-order valence-corrected chi connectivity index (χ3v) is 4.67. The van der Waals surface area contributed by atoms with Gasteiger partial charge in [0.2, 0.25) is 0 Å². The summed E-state index contributed by atoms with van der Waals surface area (Å²) in [5, 5.41) is 2.82. The molecular formula is C22H32. The maximum atomic E-state index is 2.45. The summed E-state index contributed by atoms with van der Waals surface area (Å²) in [6.45, 7) is 4.57. The first-order chi connectivity index (χ1) is 10.8. The lowest BCUT2D eigenvalue weighted by Crippen LogP contribution is -1.96. The number of unbranched alkanes of at least 4 members (excludes halogenated alkanes) is 6. The van der Waals surface area contributed by atoms with Crippen LogP contribution < -0.4 is 0 Å². The van der Waals surface area contributed by atoms with E-state index in [2.05, 4.69) is 50.2 Å². The second-order valence-corrected chi connectivity index (χ2v) is 6.59. The third-order valence-electron chi connectivity index (χ3n) is 4.67. The molecule has 0 nitrogen and oxygen atoms in total. The zero-order chi connectivity index (χ0) is 15.6. The molecule has 2 rings (SSSR count). The van der Waals surface area contributed by atoms with Gasteiger partial charge in [-0.25, -0.2) is 0 Å². The van der Waals surface area contributed by atoms with Crippen molar-refractivity contribution in [2.75, 3.05) is 0 Å². The third kappa shape index (κ3) is 5.16. The van der Waals surface area contributed by atoms with Crippen LogP contribution in [0.2, 0.25) is 0 Å². The van der Waals surface area contributed by atoms with E-state index in [-0.39, 0.29) is 0 Å². The molecule has 0 aliphatic rings. The highest BCUT2D eigenvalue weighted by molar-refractivity contribution is 5.84. The van der Waals surface area contributed by atoms with E-state index in [0.717, 1.165) is 0 Å². The summed E-state index contributed by atoms with van der Waals surface area (Å²) in [5.41, 5.74) is 3.21. The van der Waals surface area contributed by atoms with Gasteiger partial charge in [-0.1, -0.05) is 88.8 Å². The van der Waals surface area contributed by atoms with Gasteiger partial charge >= 0.3 is 0 Å². The van der Waals surface area contributed by atoms with Crippen molar-refractivity contribution < 1.29 is 0 Å². The molecule has 120 valence electrons. The first-order valence-electron chi connectivity index (χ1n) is 9.35. The predicted octanol–water partition coefficient (Wildman–Crippen LogP) is 7.09. The fourth-order valence-electron chi connectivity index (χ4n) is 3.28. The van der Waals surface area contributed by atoms with Crippen molar-refractivity contribution in [2.45, 2.75) is 78.1 Å². The van der Waals surface area contributed by atoms with Crippen molar-refractivity contribution in [2.24, 2.45) is 0 Å². The highest BCUT2D eigenvalue weighted by Crippen LogP contribution is 2.24. The molecule has 0 unspecified atom stereocenters. The molecule has 0 heteroatoms. The Labute approximate surface area is 136 Å². The van der Waals surface area contributed by atoms with E-state index in [9.17, 15) is 0 Å². The first kappa shape index (κ1) is 17.1. The summed E-state index contributed by atoms with van der Waals surface area (Å²) >= 11 is 0. The number of hydrogen-bond donors (Lipinski definition) is 0. The summed E-state index contributed by atoms with van der Waals surface area (Å²) < 4.78 is 0. The smallest absolute Gasteiger partial charge is 0.0181 e. The molecule has 0 aliphatic carbocycles. The van der Waals surface area contributed by atoms with Crippen LogP contribution in [0.4, 0.5) is 0 Å². The predicted molar refractivity (Wildman–Crippen MR) is 99.6 cm³/mol. The van der Waals surface area contributed by atoms with Gasteiger partial charge in [-0.05, 0) is 47.6 Å². The first-order valence-corrected chi connectivity index (χ1v) is 9.35. The maximum Gasteiger partial charge on any atom is -0.0181 e. The van der Waals surface area contributed by atoms with Crippen molar-refractivity contribution in [3.8, 4) is 0 Å². The van der Waals surface area contributed by atoms with E-state index < -0.39 is 0 Å². The summed E-state index contributed by atoms with van der Waals surface area (Å²) in [7, 11) is 0. The molecular weight excluding hydrogens is 264 g/mol. The fraction of sp³-hybridized carbons (Fsp3) is 0.545. The highest BCUT2D eigenvalue weighted by Gasteiger charge is 2.05. The topological polar surface area (TPSA) is 0 Å². The molecule has 0 bridgehead atoms. The lowest BCUT2D eigenvalue weighted by molar-refractivity contribution is 0.651. The number of rotatable bonds is 10. The molecule has 2 aromatic carbocycles. The van der Waals surface area contributed by atoms with Gasteiger partial charge in [-0.15, -0.1) is 0 Å². The fourth-order valence-corrected chi connectivity index (χ4v) is 3.28. The van der Waals surface area contributed by atoms with Crippen molar-refractivity contribution >= 4 is 10.8 Å². The van der Waals surface area contributed by atoms with Gasteiger partial charge in [-0.3, -0.25) is 0 Å². The molecule has 0 atom stereocenters. The van der Waals surface area contributed by atoms with Crippen LogP contribution in [0, 0.1) is 0 Å². The average molecular weight is 296 g/mol. The Morgan fingerprint density at radius 3 is 1.45 bits per heavy atom. The second kappa shape index (κ2) is 9.66. The number of benzene rings is 2. The quantitative estimate of drug-likeness (QED) is 0.411.